The third kappa shape index (κ3) is 2.90. The maximum absolute atomic E-state index is 5.56. The highest BCUT2D eigenvalue weighted by Gasteiger charge is 2.13. The number of hydrogen-bond donors (Lipinski definition) is 1. The van der Waals surface area contributed by atoms with Crippen LogP contribution in [-0.4, -0.2) is 37.8 Å². The Bertz CT molecular complexity index is 83.7. The number of ether oxygens (including phenoxy) is 1. The SMILES string of the molecule is CSCCOC1CCNC1. The Morgan fingerprint density at radius 1 is 1.70 bits per heavy atom. The molecule has 60 valence electrons. The zero-order valence-electron chi connectivity index (χ0n) is 6.43. The van der Waals surface area contributed by atoms with Gasteiger partial charge < -0.3 is 10.1 Å². The highest BCUT2D eigenvalue weighted by molar-refractivity contribution is 7.98. The summed E-state index contributed by atoms with van der Waals surface area (Å²) in [7, 11) is 0. The van der Waals surface area contributed by atoms with Crippen molar-refractivity contribution < 1.29 is 4.74 Å². The van der Waals surface area contributed by atoms with Gasteiger partial charge in [-0.2, -0.15) is 11.8 Å². The van der Waals surface area contributed by atoms with Crippen LogP contribution in [0.3, 0.4) is 0 Å². The Kier molecular flexibility index (Phi) is 4.18. The minimum absolute atomic E-state index is 0.493. The van der Waals surface area contributed by atoms with Crippen LogP contribution in [-0.2, 0) is 4.74 Å². The Balaban J connectivity index is 1.91. The van der Waals surface area contributed by atoms with Crippen molar-refractivity contribution in [2.75, 3.05) is 31.7 Å². The van der Waals surface area contributed by atoms with Crippen LogP contribution in [0.15, 0.2) is 0 Å². The van der Waals surface area contributed by atoms with E-state index in [-0.39, 0.29) is 0 Å². The molecule has 1 N–H and O–H groups in total. The topological polar surface area (TPSA) is 21.3 Å². The van der Waals surface area contributed by atoms with Crippen molar-refractivity contribution in [1.82, 2.24) is 5.32 Å². The van der Waals surface area contributed by atoms with Crippen molar-refractivity contribution in [2.24, 2.45) is 0 Å². The van der Waals surface area contributed by atoms with Crippen LogP contribution in [0.5, 0.6) is 0 Å². The van der Waals surface area contributed by atoms with Gasteiger partial charge in [-0.25, -0.2) is 0 Å². The Labute approximate surface area is 66.7 Å². The van der Waals surface area contributed by atoms with Crippen LogP contribution >= 0.6 is 11.8 Å². The molecule has 0 aliphatic carbocycles. The summed E-state index contributed by atoms with van der Waals surface area (Å²) >= 11 is 1.84. The van der Waals surface area contributed by atoms with E-state index in [0.717, 1.165) is 25.4 Å². The number of hydrogen-bond acceptors (Lipinski definition) is 3. The first kappa shape index (κ1) is 8.37. The van der Waals surface area contributed by atoms with Gasteiger partial charge in [-0.05, 0) is 19.2 Å². The minimum atomic E-state index is 0.493. The molecule has 3 heteroatoms. The molecule has 0 saturated carbocycles. The molecule has 2 nitrogen and oxygen atoms in total. The van der Waals surface area contributed by atoms with Crippen molar-refractivity contribution in [1.29, 1.82) is 0 Å². The van der Waals surface area contributed by atoms with Crippen LogP contribution < -0.4 is 5.32 Å². The van der Waals surface area contributed by atoms with Crippen molar-refractivity contribution in [3.8, 4) is 0 Å². The molecule has 0 aromatic carbocycles. The fraction of sp³-hybridized carbons (Fsp3) is 1.00. The zero-order chi connectivity index (χ0) is 7.23. The maximum Gasteiger partial charge on any atom is 0.0711 e. The molecule has 1 aliphatic heterocycles. The van der Waals surface area contributed by atoms with E-state index in [1.165, 1.54) is 6.42 Å². The summed E-state index contributed by atoms with van der Waals surface area (Å²) in [6.45, 7) is 3.09. The first-order valence-electron chi connectivity index (χ1n) is 3.74. The molecule has 0 spiro atoms. The van der Waals surface area contributed by atoms with Gasteiger partial charge in [0.1, 0.15) is 0 Å². The minimum Gasteiger partial charge on any atom is -0.376 e. The second-order valence-electron chi connectivity index (χ2n) is 2.48. The molecule has 0 aromatic heterocycles. The lowest BCUT2D eigenvalue weighted by molar-refractivity contribution is 0.0796. The summed E-state index contributed by atoms with van der Waals surface area (Å²) in [5.41, 5.74) is 0. The molecule has 1 atom stereocenters. The lowest BCUT2D eigenvalue weighted by atomic mass is 10.3. The number of thioether (sulfide) groups is 1. The zero-order valence-corrected chi connectivity index (χ0v) is 7.25. The highest BCUT2D eigenvalue weighted by Crippen LogP contribution is 2.03. The van der Waals surface area contributed by atoms with E-state index >= 15 is 0 Å². The Morgan fingerprint density at radius 3 is 3.20 bits per heavy atom. The normalized spacial score (nSPS) is 25.5. The van der Waals surface area contributed by atoms with Gasteiger partial charge in [0.15, 0.2) is 0 Å². The summed E-state index contributed by atoms with van der Waals surface area (Å²) in [5.74, 6) is 1.12. The van der Waals surface area contributed by atoms with E-state index in [1.54, 1.807) is 0 Å². The molecule has 0 bridgehead atoms. The first-order valence-corrected chi connectivity index (χ1v) is 5.14. The van der Waals surface area contributed by atoms with Crippen LogP contribution in [0.4, 0.5) is 0 Å². The van der Waals surface area contributed by atoms with Crippen molar-refractivity contribution in [3.05, 3.63) is 0 Å². The molecule has 1 aliphatic rings. The summed E-state index contributed by atoms with van der Waals surface area (Å²) in [4.78, 5) is 0. The molecule has 1 rings (SSSR count). The fourth-order valence-corrected chi connectivity index (χ4v) is 1.33. The second kappa shape index (κ2) is 4.99. The van der Waals surface area contributed by atoms with Gasteiger partial charge >= 0.3 is 0 Å². The summed E-state index contributed by atoms with van der Waals surface area (Å²) in [6.07, 6.45) is 3.79. The predicted molar refractivity (Wildman–Crippen MR) is 45.6 cm³/mol. The van der Waals surface area contributed by atoms with Crippen molar-refractivity contribution in [3.63, 3.8) is 0 Å². The number of rotatable bonds is 4. The maximum atomic E-state index is 5.56. The summed E-state index contributed by atoms with van der Waals surface area (Å²) in [5, 5.41) is 3.27. The third-order valence-corrected chi connectivity index (χ3v) is 2.23. The monoisotopic (exact) mass is 161 g/mol. The van der Waals surface area contributed by atoms with E-state index in [2.05, 4.69) is 11.6 Å². The molecule has 10 heavy (non-hydrogen) atoms. The van der Waals surface area contributed by atoms with Gasteiger partial charge in [-0.15, -0.1) is 0 Å². The molecule has 1 heterocycles. The van der Waals surface area contributed by atoms with Gasteiger partial charge in [0.05, 0.1) is 12.7 Å². The molecular formula is C7H15NOS. The van der Waals surface area contributed by atoms with Gasteiger partial charge in [-0.1, -0.05) is 0 Å². The average Bonchev–Trinajstić information content (AvgIpc) is 2.41. The van der Waals surface area contributed by atoms with E-state index < -0.39 is 0 Å². The fourth-order valence-electron chi connectivity index (χ4n) is 1.07. The largest absolute Gasteiger partial charge is 0.376 e. The quantitative estimate of drug-likeness (QED) is 0.614. The van der Waals surface area contributed by atoms with Crippen molar-refractivity contribution >= 4 is 11.8 Å². The predicted octanol–water partition coefficient (Wildman–Crippen LogP) is 0.728. The van der Waals surface area contributed by atoms with E-state index in [9.17, 15) is 0 Å². The van der Waals surface area contributed by atoms with Crippen molar-refractivity contribution in [2.45, 2.75) is 12.5 Å². The van der Waals surface area contributed by atoms with E-state index in [0.29, 0.717) is 6.10 Å². The lowest BCUT2D eigenvalue weighted by Gasteiger charge is -2.08. The molecule has 1 unspecified atom stereocenters. The molecule has 1 saturated heterocycles. The molecule has 0 amide bonds. The smallest absolute Gasteiger partial charge is 0.0711 e. The average molecular weight is 161 g/mol. The Morgan fingerprint density at radius 2 is 2.60 bits per heavy atom. The third-order valence-electron chi connectivity index (χ3n) is 1.66. The molecule has 1 fully saturated rings. The standard InChI is InChI=1S/C7H15NOS/c1-10-5-4-9-7-2-3-8-6-7/h7-8H,2-6H2,1H3. The summed E-state index contributed by atoms with van der Waals surface area (Å²) < 4.78 is 5.56. The van der Waals surface area contributed by atoms with Crippen LogP contribution in [0, 0.1) is 0 Å². The molecule has 0 aromatic rings. The van der Waals surface area contributed by atoms with E-state index in [1.807, 2.05) is 11.8 Å². The van der Waals surface area contributed by atoms with Gasteiger partial charge in [0.2, 0.25) is 0 Å². The van der Waals surface area contributed by atoms with Gasteiger partial charge in [-0.3, -0.25) is 0 Å². The van der Waals surface area contributed by atoms with Crippen LogP contribution in [0.2, 0.25) is 0 Å². The molecule has 0 radical (unpaired) electrons. The summed E-state index contributed by atoms with van der Waals surface area (Å²) in [6, 6.07) is 0. The van der Waals surface area contributed by atoms with Gasteiger partial charge in [0.25, 0.3) is 0 Å². The lowest BCUT2D eigenvalue weighted by Crippen LogP contribution is -2.17. The van der Waals surface area contributed by atoms with Gasteiger partial charge in [0, 0.05) is 12.3 Å². The highest BCUT2D eigenvalue weighted by atomic mass is 32.2. The van der Waals surface area contributed by atoms with E-state index in [4.69, 9.17) is 4.74 Å². The number of nitrogens with one attached hydrogen (secondary N) is 1. The van der Waals surface area contributed by atoms with Crippen LogP contribution in [0.1, 0.15) is 6.42 Å². The first-order chi connectivity index (χ1) is 4.93. The molecular weight excluding hydrogens is 146 g/mol. The second-order valence-corrected chi connectivity index (χ2v) is 3.46. The van der Waals surface area contributed by atoms with Crippen LogP contribution in [0.25, 0.3) is 0 Å². The Hall–Kier alpha value is 0.270.